The number of hydrogen-bond acceptors (Lipinski definition) is 4. The van der Waals surface area contributed by atoms with E-state index in [0.29, 0.717) is 0 Å². The highest BCUT2D eigenvalue weighted by molar-refractivity contribution is 6.03. The number of carbonyl (C=O) groups is 2. The van der Waals surface area contributed by atoms with Crippen LogP contribution in [0.3, 0.4) is 0 Å². The maximum absolute atomic E-state index is 12.5. The molecule has 0 radical (unpaired) electrons. The fraction of sp³-hybridized carbons (Fsp3) is 0.818. The first-order valence-corrected chi connectivity index (χ1v) is 5.59. The molecule has 0 N–H and O–H groups in total. The zero-order valence-corrected chi connectivity index (χ0v) is 11.1. The monoisotopic (exact) mass is 306 g/mol. The summed E-state index contributed by atoms with van der Waals surface area (Å²) in [4.78, 5) is 23.0. The van der Waals surface area contributed by atoms with E-state index in [1.54, 1.807) is 0 Å². The summed E-state index contributed by atoms with van der Waals surface area (Å²) in [7, 11) is 0. The summed E-state index contributed by atoms with van der Waals surface area (Å²) in [5, 5.41) is 0. The van der Waals surface area contributed by atoms with Crippen LogP contribution < -0.4 is 0 Å². The van der Waals surface area contributed by atoms with Gasteiger partial charge in [0.25, 0.3) is 0 Å². The second kappa shape index (κ2) is 6.47. The van der Waals surface area contributed by atoms with Crippen LogP contribution in [0.15, 0.2) is 0 Å². The summed E-state index contributed by atoms with van der Waals surface area (Å²) in [5.41, 5.74) is -1.68. The van der Waals surface area contributed by atoms with E-state index in [0.717, 1.165) is 0 Å². The van der Waals surface area contributed by atoms with Crippen molar-refractivity contribution in [1.29, 1.82) is 0 Å². The van der Waals surface area contributed by atoms with Gasteiger partial charge in [0.15, 0.2) is 5.78 Å². The van der Waals surface area contributed by atoms with Crippen LogP contribution in [-0.2, 0) is 19.1 Å². The molecule has 0 saturated heterocycles. The Bertz CT molecular complexity index is 362. The van der Waals surface area contributed by atoms with Crippen molar-refractivity contribution < 1.29 is 41.0 Å². The van der Waals surface area contributed by atoms with Crippen molar-refractivity contribution in [2.24, 2.45) is 5.41 Å². The molecule has 4 nitrogen and oxygen atoms in total. The molecule has 118 valence electrons. The number of Topliss-reactive ketones (excluding diaryl/α,β-unsaturated/α-hetero) is 1. The first kappa shape index (κ1) is 18.8. The van der Waals surface area contributed by atoms with Gasteiger partial charge < -0.3 is 9.47 Å². The van der Waals surface area contributed by atoms with Crippen molar-refractivity contribution in [2.75, 3.05) is 19.8 Å². The third-order valence-corrected chi connectivity index (χ3v) is 2.41. The Morgan fingerprint density at radius 2 is 1.55 bits per heavy atom. The van der Waals surface area contributed by atoms with Gasteiger partial charge in [-0.3, -0.25) is 9.59 Å². The van der Waals surface area contributed by atoms with E-state index in [1.165, 1.54) is 20.8 Å². The number of rotatable bonds is 7. The Morgan fingerprint density at radius 1 is 1.05 bits per heavy atom. The lowest BCUT2D eigenvalue weighted by molar-refractivity contribution is -0.296. The van der Waals surface area contributed by atoms with E-state index in [2.05, 4.69) is 9.47 Å². The van der Waals surface area contributed by atoms with Crippen molar-refractivity contribution in [3.05, 3.63) is 0 Å². The van der Waals surface area contributed by atoms with E-state index in [1.807, 2.05) is 0 Å². The normalized spacial score (nSPS) is 13.2. The van der Waals surface area contributed by atoms with E-state index in [9.17, 15) is 31.5 Å². The Labute approximate surface area is 112 Å². The molecule has 0 aromatic carbocycles. The second-order valence-corrected chi connectivity index (χ2v) is 4.46. The third-order valence-electron chi connectivity index (χ3n) is 2.41. The number of esters is 1. The van der Waals surface area contributed by atoms with E-state index < -0.39 is 42.5 Å². The van der Waals surface area contributed by atoms with Gasteiger partial charge in [0.05, 0.1) is 6.61 Å². The standard InChI is InChI=1S/C11H15F5O4/c1-4-20-8(18)9(2,3)7(17)5-19-6-10(12,13)11(14,15)16/h4-6H2,1-3H3. The molecule has 0 aliphatic carbocycles. The molecule has 0 spiro atoms. The second-order valence-electron chi connectivity index (χ2n) is 4.46. The summed E-state index contributed by atoms with van der Waals surface area (Å²) in [6, 6.07) is 0. The quantitative estimate of drug-likeness (QED) is 0.412. The van der Waals surface area contributed by atoms with Crippen molar-refractivity contribution in [3.63, 3.8) is 0 Å². The highest BCUT2D eigenvalue weighted by Gasteiger charge is 2.57. The van der Waals surface area contributed by atoms with E-state index in [-0.39, 0.29) is 6.61 Å². The molecule has 20 heavy (non-hydrogen) atoms. The Kier molecular flexibility index (Phi) is 6.06. The predicted molar refractivity (Wildman–Crippen MR) is 57.2 cm³/mol. The van der Waals surface area contributed by atoms with E-state index in [4.69, 9.17) is 0 Å². The highest BCUT2D eigenvalue weighted by atomic mass is 19.4. The van der Waals surface area contributed by atoms with Crippen molar-refractivity contribution in [1.82, 2.24) is 0 Å². The van der Waals surface area contributed by atoms with Crippen molar-refractivity contribution in [3.8, 4) is 0 Å². The van der Waals surface area contributed by atoms with Gasteiger partial charge in [-0.15, -0.1) is 0 Å². The van der Waals surface area contributed by atoms with Crippen molar-refractivity contribution >= 4 is 11.8 Å². The molecule has 0 rings (SSSR count). The van der Waals surface area contributed by atoms with Crippen LogP contribution in [0.1, 0.15) is 20.8 Å². The summed E-state index contributed by atoms with van der Waals surface area (Å²) in [6.07, 6.45) is -5.76. The lowest BCUT2D eigenvalue weighted by Crippen LogP contribution is -2.43. The minimum atomic E-state index is -5.76. The molecule has 0 amide bonds. The van der Waals surface area contributed by atoms with Crippen LogP contribution >= 0.6 is 0 Å². The van der Waals surface area contributed by atoms with Crippen LogP contribution in [0.2, 0.25) is 0 Å². The fourth-order valence-corrected chi connectivity index (χ4v) is 0.960. The number of carbonyl (C=O) groups excluding carboxylic acids is 2. The number of ketones is 1. The molecule has 0 atom stereocenters. The van der Waals surface area contributed by atoms with Gasteiger partial charge in [-0.1, -0.05) is 0 Å². The SMILES string of the molecule is CCOC(=O)C(C)(C)C(=O)COCC(F)(F)C(F)(F)F. The van der Waals surface area contributed by atoms with Crippen LogP contribution in [0.5, 0.6) is 0 Å². The topological polar surface area (TPSA) is 52.6 Å². The third kappa shape index (κ3) is 4.69. The number of halogens is 5. The molecule has 0 bridgehead atoms. The molecule has 0 heterocycles. The van der Waals surface area contributed by atoms with E-state index >= 15 is 0 Å². The first-order valence-electron chi connectivity index (χ1n) is 5.59. The van der Waals surface area contributed by atoms with Crippen LogP contribution in [0.4, 0.5) is 22.0 Å². The Balaban J connectivity index is 4.48. The maximum Gasteiger partial charge on any atom is 0.455 e. The van der Waals surface area contributed by atoms with Crippen LogP contribution in [0, 0.1) is 5.41 Å². The molecule has 9 heteroatoms. The van der Waals surface area contributed by atoms with Crippen LogP contribution in [-0.4, -0.2) is 43.7 Å². The number of hydrogen-bond donors (Lipinski definition) is 0. The van der Waals surface area contributed by atoms with Gasteiger partial charge >= 0.3 is 18.1 Å². The zero-order valence-electron chi connectivity index (χ0n) is 11.1. The average Bonchev–Trinajstić information content (AvgIpc) is 2.27. The zero-order chi connectivity index (χ0) is 16.2. The first-order chi connectivity index (χ1) is 8.86. The maximum atomic E-state index is 12.5. The molecular weight excluding hydrogens is 291 g/mol. The van der Waals surface area contributed by atoms with Gasteiger partial charge in [0, 0.05) is 0 Å². The van der Waals surface area contributed by atoms with Gasteiger partial charge in [-0.05, 0) is 20.8 Å². The minimum Gasteiger partial charge on any atom is -0.465 e. The summed E-state index contributed by atoms with van der Waals surface area (Å²) in [6.45, 7) is 0.803. The highest BCUT2D eigenvalue weighted by Crippen LogP contribution is 2.35. The van der Waals surface area contributed by atoms with Crippen LogP contribution in [0.25, 0.3) is 0 Å². The van der Waals surface area contributed by atoms with Gasteiger partial charge in [0.1, 0.15) is 18.6 Å². The lowest BCUT2D eigenvalue weighted by atomic mass is 9.88. The molecular formula is C11H15F5O4. The molecule has 0 saturated carbocycles. The molecule has 0 aromatic heterocycles. The Hall–Kier alpha value is -1.25. The average molecular weight is 306 g/mol. The summed E-state index contributed by atoms with van der Waals surface area (Å²) in [5.74, 6) is -6.91. The molecule has 0 aromatic rings. The van der Waals surface area contributed by atoms with Gasteiger partial charge in [-0.25, -0.2) is 0 Å². The van der Waals surface area contributed by atoms with Gasteiger partial charge in [-0.2, -0.15) is 22.0 Å². The molecule has 0 aliphatic heterocycles. The molecule has 0 fully saturated rings. The predicted octanol–water partition coefficient (Wildman–Crippen LogP) is 2.36. The molecule has 0 aliphatic rings. The smallest absolute Gasteiger partial charge is 0.455 e. The molecule has 0 unspecified atom stereocenters. The number of alkyl halides is 5. The fourth-order valence-electron chi connectivity index (χ4n) is 0.960. The minimum absolute atomic E-state index is 0.00253. The van der Waals surface area contributed by atoms with Crippen molar-refractivity contribution in [2.45, 2.75) is 32.9 Å². The Morgan fingerprint density at radius 3 is 1.95 bits per heavy atom. The summed E-state index contributed by atoms with van der Waals surface area (Å²) >= 11 is 0. The number of ether oxygens (including phenoxy) is 2. The largest absolute Gasteiger partial charge is 0.465 e. The van der Waals surface area contributed by atoms with Gasteiger partial charge in [0.2, 0.25) is 0 Å². The lowest BCUT2D eigenvalue weighted by Gasteiger charge is -2.22. The summed E-state index contributed by atoms with van der Waals surface area (Å²) < 4.78 is 69.2.